The molecule has 0 heterocycles. The van der Waals surface area contributed by atoms with Crippen molar-refractivity contribution >= 4 is 26.9 Å². The number of rotatable bonds is 7. The fraction of sp³-hybridized carbons (Fsp3) is 0.294. The molecule has 0 aliphatic carbocycles. The number of nitrogens with one attached hydrogen (secondary N) is 1. The van der Waals surface area contributed by atoms with Crippen LogP contribution in [0.4, 0.5) is 0 Å². The number of hydrogen-bond acceptors (Lipinski definition) is 3. The first kappa shape index (κ1) is 18.0. The van der Waals surface area contributed by atoms with E-state index in [0.717, 1.165) is 21.3 Å². The molecular formula is C17H20BrNO3S. The Morgan fingerprint density at radius 1 is 1.17 bits per heavy atom. The topological polar surface area (TPSA) is 47.6 Å². The number of ether oxygens (including phenoxy) is 2. The van der Waals surface area contributed by atoms with E-state index in [-0.39, 0.29) is 5.25 Å². The number of benzene rings is 2. The molecule has 0 bridgehead atoms. The maximum absolute atomic E-state index is 12.5. The Balaban J connectivity index is 2.04. The summed E-state index contributed by atoms with van der Waals surface area (Å²) in [7, 11) is 2.02. The van der Waals surface area contributed by atoms with Crippen LogP contribution in [-0.4, -0.2) is 18.4 Å². The second-order valence-corrected chi connectivity index (χ2v) is 7.50. The molecule has 2 aromatic rings. The minimum Gasteiger partial charge on any atom is -0.497 e. The summed E-state index contributed by atoms with van der Waals surface area (Å²) in [4.78, 5) is 0. The zero-order chi connectivity index (χ0) is 16.8. The summed E-state index contributed by atoms with van der Waals surface area (Å²) >= 11 is 3.44. The predicted molar refractivity (Wildman–Crippen MR) is 97.1 cm³/mol. The van der Waals surface area contributed by atoms with Crippen LogP contribution in [0.25, 0.3) is 0 Å². The first-order valence-electron chi connectivity index (χ1n) is 7.15. The molecule has 2 unspecified atom stereocenters. The molecule has 124 valence electrons. The average Bonchev–Trinajstić information content (AvgIpc) is 2.58. The minimum atomic E-state index is -1.20. The van der Waals surface area contributed by atoms with E-state index in [1.54, 1.807) is 14.2 Å². The molecule has 0 saturated heterocycles. The predicted octanol–water partition coefficient (Wildman–Crippen LogP) is 3.98. The quantitative estimate of drug-likeness (QED) is 0.768. The van der Waals surface area contributed by atoms with Crippen molar-refractivity contribution in [2.24, 2.45) is 0 Å². The Hall–Kier alpha value is -1.37. The van der Waals surface area contributed by atoms with Gasteiger partial charge in [0.1, 0.15) is 11.5 Å². The molecule has 0 spiro atoms. The van der Waals surface area contributed by atoms with Gasteiger partial charge >= 0.3 is 0 Å². The van der Waals surface area contributed by atoms with Gasteiger partial charge in [-0.05, 0) is 30.7 Å². The SMILES string of the molecule is COc1ccc(CNS(=O)C(C)c2cccc(Br)c2)c(OC)c1. The molecule has 0 radical (unpaired) electrons. The highest BCUT2D eigenvalue weighted by molar-refractivity contribution is 9.10. The van der Waals surface area contributed by atoms with Crippen LogP contribution in [0.1, 0.15) is 23.3 Å². The lowest BCUT2D eigenvalue weighted by Gasteiger charge is -2.15. The van der Waals surface area contributed by atoms with Crippen LogP contribution in [0, 0.1) is 0 Å². The lowest BCUT2D eigenvalue weighted by atomic mass is 10.2. The second kappa shape index (κ2) is 8.47. The van der Waals surface area contributed by atoms with Gasteiger partial charge in [0.25, 0.3) is 0 Å². The van der Waals surface area contributed by atoms with Crippen molar-refractivity contribution in [3.05, 3.63) is 58.1 Å². The van der Waals surface area contributed by atoms with Crippen LogP contribution in [0.5, 0.6) is 11.5 Å². The smallest absolute Gasteiger partial charge is 0.127 e. The fourth-order valence-corrected chi connectivity index (χ4v) is 3.51. The van der Waals surface area contributed by atoms with E-state index in [2.05, 4.69) is 20.7 Å². The summed E-state index contributed by atoms with van der Waals surface area (Å²) in [5.74, 6) is 1.44. The molecule has 2 rings (SSSR count). The third kappa shape index (κ3) is 4.80. The molecule has 0 aromatic heterocycles. The molecule has 6 heteroatoms. The van der Waals surface area contributed by atoms with Gasteiger partial charge in [0.2, 0.25) is 0 Å². The maximum atomic E-state index is 12.5. The van der Waals surface area contributed by atoms with E-state index in [0.29, 0.717) is 12.3 Å². The van der Waals surface area contributed by atoms with Crippen LogP contribution in [0.2, 0.25) is 0 Å². The highest BCUT2D eigenvalue weighted by atomic mass is 79.9. The first-order chi connectivity index (χ1) is 11.0. The van der Waals surface area contributed by atoms with Gasteiger partial charge in [0.15, 0.2) is 0 Å². The first-order valence-corrected chi connectivity index (χ1v) is 9.16. The molecule has 4 nitrogen and oxygen atoms in total. The Kier molecular flexibility index (Phi) is 6.62. The molecule has 23 heavy (non-hydrogen) atoms. The van der Waals surface area contributed by atoms with Gasteiger partial charge in [-0.25, -0.2) is 8.93 Å². The highest BCUT2D eigenvalue weighted by Crippen LogP contribution is 2.26. The molecule has 0 aliphatic rings. The van der Waals surface area contributed by atoms with Crippen molar-refractivity contribution < 1.29 is 13.7 Å². The number of methoxy groups -OCH3 is 2. The van der Waals surface area contributed by atoms with Crippen LogP contribution in [0.15, 0.2) is 46.9 Å². The minimum absolute atomic E-state index is 0.114. The molecule has 0 fully saturated rings. The molecule has 0 saturated carbocycles. The van der Waals surface area contributed by atoms with E-state index >= 15 is 0 Å². The normalized spacial score (nSPS) is 13.4. The Labute approximate surface area is 147 Å². The van der Waals surface area contributed by atoms with Gasteiger partial charge in [-0.15, -0.1) is 0 Å². The van der Waals surface area contributed by atoms with E-state index in [4.69, 9.17) is 9.47 Å². The van der Waals surface area contributed by atoms with Crippen LogP contribution in [-0.2, 0) is 17.5 Å². The molecule has 2 atom stereocenters. The Morgan fingerprint density at radius 2 is 1.96 bits per heavy atom. The molecule has 2 aromatic carbocycles. The van der Waals surface area contributed by atoms with Crippen LogP contribution >= 0.6 is 15.9 Å². The van der Waals surface area contributed by atoms with Crippen molar-refractivity contribution in [3.63, 3.8) is 0 Å². The van der Waals surface area contributed by atoms with Gasteiger partial charge in [0.05, 0.1) is 30.5 Å². The molecule has 0 aliphatic heterocycles. The van der Waals surface area contributed by atoms with E-state index in [9.17, 15) is 4.21 Å². The van der Waals surface area contributed by atoms with Crippen LogP contribution in [0.3, 0.4) is 0 Å². The van der Waals surface area contributed by atoms with Gasteiger partial charge in [-0.1, -0.05) is 34.1 Å². The third-order valence-corrected chi connectivity index (χ3v) is 5.37. The number of halogens is 1. The van der Waals surface area contributed by atoms with E-state index < -0.39 is 11.0 Å². The van der Waals surface area contributed by atoms with E-state index in [1.165, 1.54) is 0 Å². The Morgan fingerprint density at radius 3 is 2.61 bits per heavy atom. The summed E-state index contributed by atoms with van der Waals surface area (Å²) in [6, 6.07) is 13.4. The summed E-state index contributed by atoms with van der Waals surface area (Å²) < 4.78 is 27.1. The van der Waals surface area contributed by atoms with Crippen molar-refractivity contribution in [3.8, 4) is 11.5 Å². The Bertz CT molecular complexity index is 693. The molecule has 1 N–H and O–H groups in total. The van der Waals surface area contributed by atoms with Gasteiger partial charge in [0, 0.05) is 22.6 Å². The van der Waals surface area contributed by atoms with Crippen molar-refractivity contribution in [1.29, 1.82) is 0 Å². The lowest BCUT2D eigenvalue weighted by Crippen LogP contribution is -2.21. The summed E-state index contributed by atoms with van der Waals surface area (Å²) in [5.41, 5.74) is 1.95. The second-order valence-electron chi connectivity index (χ2n) is 4.99. The zero-order valence-corrected chi connectivity index (χ0v) is 15.7. The monoisotopic (exact) mass is 397 g/mol. The molecule has 0 amide bonds. The van der Waals surface area contributed by atoms with Crippen molar-refractivity contribution in [2.75, 3.05) is 14.2 Å². The fourth-order valence-electron chi connectivity index (χ4n) is 2.15. The molecular weight excluding hydrogens is 378 g/mol. The van der Waals surface area contributed by atoms with Gasteiger partial charge in [-0.2, -0.15) is 0 Å². The largest absolute Gasteiger partial charge is 0.497 e. The number of hydrogen-bond donors (Lipinski definition) is 1. The van der Waals surface area contributed by atoms with Crippen LogP contribution < -0.4 is 14.2 Å². The summed E-state index contributed by atoms with van der Waals surface area (Å²) in [5, 5.41) is -0.114. The average molecular weight is 398 g/mol. The summed E-state index contributed by atoms with van der Waals surface area (Å²) in [6.45, 7) is 2.40. The standard InChI is InChI=1S/C17H20BrNO3S/c1-12(13-5-4-6-15(18)9-13)23(20)19-11-14-7-8-16(21-2)10-17(14)22-3/h4-10,12,19H,11H2,1-3H3. The van der Waals surface area contributed by atoms with Gasteiger partial charge < -0.3 is 9.47 Å². The summed E-state index contributed by atoms with van der Waals surface area (Å²) in [6.07, 6.45) is 0. The third-order valence-electron chi connectivity index (χ3n) is 3.54. The maximum Gasteiger partial charge on any atom is 0.127 e. The zero-order valence-electron chi connectivity index (χ0n) is 13.3. The van der Waals surface area contributed by atoms with Crippen molar-refractivity contribution in [2.45, 2.75) is 18.7 Å². The highest BCUT2D eigenvalue weighted by Gasteiger charge is 2.14. The van der Waals surface area contributed by atoms with E-state index in [1.807, 2.05) is 49.4 Å². The van der Waals surface area contributed by atoms with Gasteiger partial charge in [-0.3, -0.25) is 0 Å². The van der Waals surface area contributed by atoms with Crippen molar-refractivity contribution in [1.82, 2.24) is 4.72 Å². The lowest BCUT2D eigenvalue weighted by molar-refractivity contribution is 0.391.